The molecule has 6 nitrogen and oxygen atoms in total. The summed E-state index contributed by atoms with van der Waals surface area (Å²) in [6.07, 6.45) is 0. The van der Waals surface area contributed by atoms with Crippen LogP contribution in [0, 0.1) is 18.3 Å². The van der Waals surface area contributed by atoms with Gasteiger partial charge in [0, 0.05) is 12.7 Å². The molecule has 3 heterocycles. The van der Waals surface area contributed by atoms with Gasteiger partial charge in [-0.25, -0.2) is 4.98 Å². The first-order valence-electron chi connectivity index (χ1n) is 8.37. The minimum absolute atomic E-state index is 0.299. The predicted octanol–water partition coefficient (Wildman–Crippen LogP) is 4.78. The number of carbonyl (C=O) groups is 1. The fourth-order valence-corrected chi connectivity index (χ4v) is 3.91. The van der Waals surface area contributed by atoms with Crippen LogP contribution in [0.1, 0.15) is 21.6 Å². The number of nitriles is 1. The number of aromatic nitrogens is 3. The lowest BCUT2D eigenvalue weighted by molar-refractivity contribution is 0.102. The van der Waals surface area contributed by atoms with Crippen molar-refractivity contribution < 1.29 is 4.79 Å². The number of thiophene rings is 1. The average molecular weight is 408 g/mol. The molecule has 0 aliphatic carbocycles. The van der Waals surface area contributed by atoms with E-state index in [0.29, 0.717) is 38.6 Å². The Balaban J connectivity index is 1.83. The molecule has 1 aromatic carbocycles. The third kappa shape index (κ3) is 3.13. The summed E-state index contributed by atoms with van der Waals surface area (Å²) in [5.74, 6) is -0.299. The topological polar surface area (TPSA) is 83.6 Å². The number of aryl methyl sites for hydroxylation is 2. The lowest BCUT2D eigenvalue weighted by atomic mass is 10.1. The number of hydrogen-bond acceptors (Lipinski definition) is 5. The minimum Gasteiger partial charge on any atom is -0.322 e. The summed E-state index contributed by atoms with van der Waals surface area (Å²) in [6.45, 7) is 1.85. The molecular formula is C20H14ClN5OS. The molecule has 0 unspecified atom stereocenters. The number of nitrogens with one attached hydrogen (secondary N) is 1. The van der Waals surface area contributed by atoms with E-state index in [4.69, 9.17) is 21.8 Å². The van der Waals surface area contributed by atoms with Gasteiger partial charge in [0.2, 0.25) is 0 Å². The number of hydrogen-bond donors (Lipinski definition) is 1. The van der Waals surface area contributed by atoms with Crippen LogP contribution in [0.4, 0.5) is 5.69 Å². The van der Waals surface area contributed by atoms with Gasteiger partial charge < -0.3 is 5.32 Å². The molecule has 0 saturated carbocycles. The van der Waals surface area contributed by atoms with Crippen LogP contribution in [0.5, 0.6) is 0 Å². The predicted molar refractivity (Wildman–Crippen MR) is 111 cm³/mol. The molecule has 0 aliphatic rings. The zero-order valence-electron chi connectivity index (χ0n) is 15.0. The van der Waals surface area contributed by atoms with Gasteiger partial charge in [-0.05, 0) is 42.6 Å². The second kappa shape index (κ2) is 7.08. The second-order valence-electron chi connectivity index (χ2n) is 6.20. The van der Waals surface area contributed by atoms with Crippen LogP contribution in [0.25, 0.3) is 21.6 Å². The Bertz CT molecular complexity index is 1250. The van der Waals surface area contributed by atoms with Crippen molar-refractivity contribution in [3.8, 4) is 16.6 Å². The van der Waals surface area contributed by atoms with E-state index in [2.05, 4.69) is 10.4 Å². The van der Waals surface area contributed by atoms with E-state index in [1.807, 2.05) is 30.5 Å². The standard InChI is InChI=1S/C20H14ClN5OS/c1-11-18-14(20(27)23-13-5-6-15(21)12(8-13)10-22)9-16(17-4-3-7-28-17)24-19(18)26(2)25-11/h3-9H,1-2H3,(H,23,27). The van der Waals surface area contributed by atoms with Crippen molar-refractivity contribution in [1.82, 2.24) is 14.8 Å². The first-order chi connectivity index (χ1) is 13.5. The van der Waals surface area contributed by atoms with Gasteiger partial charge in [-0.15, -0.1) is 11.3 Å². The summed E-state index contributed by atoms with van der Waals surface area (Å²) in [7, 11) is 1.81. The van der Waals surface area contributed by atoms with E-state index >= 15 is 0 Å². The van der Waals surface area contributed by atoms with Crippen molar-refractivity contribution in [3.63, 3.8) is 0 Å². The quantitative estimate of drug-likeness (QED) is 0.529. The maximum absolute atomic E-state index is 13.1. The number of halogens is 1. The summed E-state index contributed by atoms with van der Waals surface area (Å²) >= 11 is 7.53. The zero-order chi connectivity index (χ0) is 19.8. The zero-order valence-corrected chi connectivity index (χ0v) is 16.6. The summed E-state index contributed by atoms with van der Waals surface area (Å²) in [5.41, 5.74) is 3.35. The highest BCUT2D eigenvalue weighted by Gasteiger charge is 2.20. The van der Waals surface area contributed by atoms with E-state index in [0.717, 1.165) is 10.6 Å². The van der Waals surface area contributed by atoms with E-state index in [9.17, 15) is 4.79 Å². The number of nitrogens with zero attached hydrogens (tertiary/aromatic N) is 4. The molecule has 1 N–H and O–H groups in total. The highest BCUT2D eigenvalue weighted by molar-refractivity contribution is 7.13. The van der Waals surface area contributed by atoms with Crippen molar-refractivity contribution >= 4 is 45.6 Å². The van der Waals surface area contributed by atoms with Gasteiger partial charge in [-0.1, -0.05) is 17.7 Å². The van der Waals surface area contributed by atoms with E-state index < -0.39 is 0 Å². The maximum atomic E-state index is 13.1. The van der Waals surface area contributed by atoms with Crippen molar-refractivity contribution in [2.45, 2.75) is 6.92 Å². The maximum Gasteiger partial charge on any atom is 0.256 e. The highest BCUT2D eigenvalue weighted by Crippen LogP contribution is 2.30. The van der Waals surface area contributed by atoms with E-state index in [-0.39, 0.29) is 5.91 Å². The van der Waals surface area contributed by atoms with Gasteiger partial charge >= 0.3 is 0 Å². The average Bonchev–Trinajstić information content (AvgIpc) is 3.31. The second-order valence-corrected chi connectivity index (χ2v) is 7.56. The molecule has 3 aromatic heterocycles. The summed E-state index contributed by atoms with van der Waals surface area (Å²) in [4.78, 5) is 18.8. The number of carbonyl (C=O) groups excluding carboxylic acids is 1. The Morgan fingerprint density at radius 1 is 1.32 bits per heavy atom. The van der Waals surface area contributed by atoms with Gasteiger partial charge in [0.1, 0.15) is 6.07 Å². The number of fused-ring (bicyclic) bond motifs is 1. The molecule has 4 rings (SSSR count). The smallest absolute Gasteiger partial charge is 0.256 e. The van der Waals surface area contributed by atoms with Crippen LogP contribution in [-0.2, 0) is 7.05 Å². The monoisotopic (exact) mass is 407 g/mol. The highest BCUT2D eigenvalue weighted by atomic mass is 35.5. The molecule has 0 radical (unpaired) electrons. The van der Waals surface area contributed by atoms with Crippen molar-refractivity contribution in [3.05, 3.63) is 63.6 Å². The molecule has 0 bridgehead atoms. The number of benzene rings is 1. The molecule has 0 spiro atoms. The Hall–Kier alpha value is -3.21. The molecule has 0 saturated heterocycles. The SMILES string of the molecule is Cc1nn(C)c2nc(-c3cccs3)cc(C(=O)Nc3ccc(Cl)c(C#N)c3)c12. The number of pyridine rings is 1. The fourth-order valence-electron chi connectivity index (χ4n) is 3.06. The molecule has 138 valence electrons. The van der Waals surface area contributed by atoms with Gasteiger partial charge in [0.25, 0.3) is 5.91 Å². The number of amides is 1. The molecular weight excluding hydrogens is 394 g/mol. The normalized spacial score (nSPS) is 10.8. The Morgan fingerprint density at radius 3 is 2.86 bits per heavy atom. The van der Waals surface area contributed by atoms with Crippen LogP contribution in [0.15, 0.2) is 41.8 Å². The van der Waals surface area contributed by atoms with Crippen molar-refractivity contribution in [1.29, 1.82) is 5.26 Å². The van der Waals surface area contributed by atoms with Crippen LogP contribution in [0.2, 0.25) is 5.02 Å². The van der Waals surface area contributed by atoms with Crippen LogP contribution >= 0.6 is 22.9 Å². The van der Waals surface area contributed by atoms with Crippen LogP contribution in [-0.4, -0.2) is 20.7 Å². The Labute approximate surface area is 170 Å². The van der Waals surface area contributed by atoms with E-state index in [1.165, 1.54) is 0 Å². The van der Waals surface area contributed by atoms with Gasteiger partial charge in [-0.2, -0.15) is 10.4 Å². The minimum atomic E-state index is -0.299. The van der Waals surface area contributed by atoms with Gasteiger partial charge in [-0.3, -0.25) is 9.48 Å². The Morgan fingerprint density at radius 2 is 2.14 bits per heavy atom. The third-order valence-corrected chi connectivity index (χ3v) is 5.55. The van der Waals surface area contributed by atoms with E-state index in [1.54, 1.807) is 47.3 Å². The molecule has 28 heavy (non-hydrogen) atoms. The van der Waals surface area contributed by atoms with Crippen molar-refractivity contribution in [2.24, 2.45) is 7.05 Å². The molecule has 0 fully saturated rings. The molecule has 0 aliphatic heterocycles. The first kappa shape index (κ1) is 18.2. The Kier molecular flexibility index (Phi) is 4.59. The van der Waals surface area contributed by atoms with Crippen LogP contribution in [0.3, 0.4) is 0 Å². The number of anilines is 1. The summed E-state index contributed by atoms with van der Waals surface area (Å²) in [5, 5.41) is 19.4. The van der Waals surface area contributed by atoms with Crippen molar-refractivity contribution in [2.75, 3.05) is 5.32 Å². The largest absolute Gasteiger partial charge is 0.322 e. The number of rotatable bonds is 3. The van der Waals surface area contributed by atoms with Gasteiger partial charge in [0.05, 0.1) is 37.8 Å². The molecule has 1 amide bonds. The fraction of sp³-hybridized carbons (Fsp3) is 0.100. The molecule has 4 aromatic rings. The molecule has 8 heteroatoms. The van der Waals surface area contributed by atoms with Gasteiger partial charge in [0.15, 0.2) is 5.65 Å². The molecule has 0 atom stereocenters. The summed E-state index contributed by atoms with van der Waals surface area (Å²) < 4.78 is 1.68. The lowest BCUT2D eigenvalue weighted by Crippen LogP contribution is -2.13. The lowest BCUT2D eigenvalue weighted by Gasteiger charge is -2.09. The summed E-state index contributed by atoms with van der Waals surface area (Å²) in [6, 6.07) is 12.5. The third-order valence-electron chi connectivity index (χ3n) is 4.33. The first-order valence-corrected chi connectivity index (χ1v) is 9.63. The van der Waals surface area contributed by atoms with Crippen LogP contribution < -0.4 is 5.32 Å².